The van der Waals surface area contributed by atoms with Crippen LogP contribution in [0.4, 0.5) is 0 Å². The molecule has 6 N–H and O–H groups in total. The van der Waals surface area contributed by atoms with Crippen LogP contribution < -0.4 is 80.2 Å². The van der Waals surface area contributed by atoms with E-state index in [0.29, 0.717) is 49.7 Å². The van der Waals surface area contributed by atoms with Gasteiger partial charge >= 0.3 is 71.1 Å². The van der Waals surface area contributed by atoms with E-state index in [0.717, 1.165) is 58.7 Å². The predicted molar refractivity (Wildman–Crippen MR) is 345 cm³/mol. The minimum absolute atomic E-state index is 0. The molecule has 472 valence electrons. The number of aryl methyl sites for hydroxylation is 4. The van der Waals surface area contributed by atoms with Gasteiger partial charge in [-0.1, -0.05) is 178 Å². The third-order valence-electron chi connectivity index (χ3n) is 14.9. The molecule has 0 aliphatic carbocycles. The van der Waals surface area contributed by atoms with Crippen LogP contribution in [0.1, 0.15) is 211 Å². The summed E-state index contributed by atoms with van der Waals surface area (Å²) in [5.41, 5.74) is 5.47. The maximum atomic E-state index is 12.6. The monoisotopic (exact) mass is 1280 g/mol. The molecule has 6 aromatic rings. The van der Waals surface area contributed by atoms with E-state index in [2.05, 4.69) is 62.4 Å². The molecular weight excluding hydrogens is 1190 g/mol. The Morgan fingerprint density at radius 2 is 0.831 bits per heavy atom. The third kappa shape index (κ3) is 27.5. The summed E-state index contributed by atoms with van der Waals surface area (Å²) in [6.45, 7) is 8.40. The molecule has 0 aliphatic rings. The number of aliphatic carboxylic acids is 2. The van der Waals surface area contributed by atoms with Gasteiger partial charge in [-0.15, -0.1) is 23.5 Å². The number of hydrogen-bond acceptors (Lipinski definition) is 14. The molecule has 15 nitrogen and oxygen atoms in total. The van der Waals surface area contributed by atoms with Gasteiger partial charge in [-0.05, 0) is 111 Å². The second-order valence-corrected chi connectivity index (χ2v) is 24.4. The van der Waals surface area contributed by atoms with Crippen molar-refractivity contribution in [1.82, 2.24) is 0 Å². The van der Waals surface area contributed by atoms with Gasteiger partial charge in [0.2, 0.25) is 0 Å². The molecule has 0 radical (unpaired) electrons. The summed E-state index contributed by atoms with van der Waals surface area (Å²) >= 11 is 2.78. The standard InChI is InChI=1S/2C35H44O7S.2Na.H2O/c2*1-3-5-6-7-8-9-12-24-15-17-25(18-16-24)19-21-32(28(36)13-10-14-33(38)39)43-31-22-20-26-29(37)23-30(35(40)41)42-34(26)27(31)11-4-2;;;/h2*15-23,28,32,36H,3-14H2,1-2H3,(H,38,39)(H,40,41);;;1H2/q;;2*+1;/p-2/b2*21-19+;;;/t2*28-,32+;;;/m00.../s1. The molecule has 0 spiro atoms. The Bertz CT molecular complexity index is 3080. The Morgan fingerprint density at radius 1 is 0.483 bits per heavy atom. The molecule has 4 aromatic carbocycles. The number of thioether (sulfide) groups is 2. The first-order valence-corrected chi connectivity index (χ1v) is 32.5. The SMILES string of the molecule is CCCCCCCCc1ccc(/C=C/[C@@H](Sc2ccc3c(=O)cc(C(=O)[O-])oc3c2CCC)[C@@H](O)CCCC(=O)O)cc1.CCCCCCCCc1ccc(/C=C/[C@@H](Sc2ccc3c(=O)cc(C(=O)[O-])oc3c2CCC)[C@@H](O)CCCC(=O)O)cc1.O.[Na+].[Na+]. The second-order valence-electron chi connectivity index (χ2n) is 22.0. The molecule has 0 aliphatic heterocycles. The number of hydrogen-bond donors (Lipinski definition) is 4. The minimum Gasteiger partial charge on any atom is -0.542 e. The van der Waals surface area contributed by atoms with Crippen LogP contribution in [0.3, 0.4) is 0 Å². The molecule has 4 atom stereocenters. The number of carbonyl (C=O) groups is 4. The molecule has 0 amide bonds. The van der Waals surface area contributed by atoms with E-state index in [4.69, 9.17) is 19.0 Å². The summed E-state index contributed by atoms with van der Waals surface area (Å²) in [6.07, 6.45) is 27.0. The van der Waals surface area contributed by atoms with Gasteiger partial charge in [-0.25, -0.2) is 0 Å². The number of fused-ring (bicyclic) bond motifs is 2. The predicted octanol–water partition coefficient (Wildman–Crippen LogP) is 6.79. The van der Waals surface area contributed by atoms with Crippen LogP contribution in [0.25, 0.3) is 34.1 Å². The van der Waals surface area contributed by atoms with Gasteiger partial charge in [0, 0.05) is 45.9 Å². The Kier molecular flexibility index (Phi) is 39.6. The van der Waals surface area contributed by atoms with Crippen LogP contribution in [0.2, 0.25) is 0 Å². The Morgan fingerprint density at radius 3 is 1.16 bits per heavy atom. The first kappa shape index (κ1) is 80.3. The van der Waals surface area contributed by atoms with Crippen molar-refractivity contribution in [2.75, 3.05) is 0 Å². The average molecular weight is 1280 g/mol. The van der Waals surface area contributed by atoms with Crippen molar-refractivity contribution in [3.05, 3.63) is 162 Å². The molecule has 0 bridgehead atoms. The van der Waals surface area contributed by atoms with Crippen molar-refractivity contribution in [3.8, 4) is 0 Å². The average Bonchev–Trinajstić information content (AvgIpc) is 2.27. The zero-order valence-electron chi connectivity index (χ0n) is 52.9. The summed E-state index contributed by atoms with van der Waals surface area (Å²) in [6, 6.07) is 25.5. The normalized spacial score (nSPS) is 12.6. The summed E-state index contributed by atoms with van der Waals surface area (Å²) in [5, 5.41) is 63.1. The van der Waals surface area contributed by atoms with Gasteiger partial charge in [0.15, 0.2) is 22.4 Å². The van der Waals surface area contributed by atoms with Crippen molar-refractivity contribution < 1.29 is 123 Å². The van der Waals surface area contributed by atoms with Crippen LogP contribution >= 0.6 is 23.5 Å². The minimum atomic E-state index is -1.56. The molecule has 2 aromatic heterocycles. The first-order valence-electron chi connectivity index (χ1n) is 30.8. The molecule has 0 unspecified atom stereocenters. The van der Waals surface area contributed by atoms with E-state index in [1.54, 1.807) is 24.3 Å². The fourth-order valence-electron chi connectivity index (χ4n) is 10.2. The van der Waals surface area contributed by atoms with Crippen LogP contribution in [0.5, 0.6) is 0 Å². The van der Waals surface area contributed by atoms with E-state index in [1.165, 1.54) is 112 Å². The maximum absolute atomic E-state index is 12.6. The number of rotatable bonds is 38. The van der Waals surface area contributed by atoms with Gasteiger partial charge in [-0.3, -0.25) is 19.2 Å². The largest absolute Gasteiger partial charge is 1.00 e. The number of carboxylic acid groups (broad SMARTS) is 4. The molecule has 19 heteroatoms. The van der Waals surface area contributed by atoms with Crippen LogP contribution in [-0.4, -0.2) is 72.5 Å². The third-order valence-corrected chi connectivity index (χ3v) is 17.7. The van der Waals surface area contributed by atoms with E-state index in [9.17, 15) is 49.2 Å². The Labute approximate surface area is 576 Å². The fourth-order valence-corrected chi connectivity index (χ4v) is 12.6. The molecule has 0 fully saturated rings. The number of carboxylic acids is 4. The first-order chi connectivity index (χ1) is 41.5. The Balaban J connectivity index is 0.000000587. The van der Waals surface area contributed by atoms with Crippen molar-refractivity contribution in [2.24, 2.45) is 0 Å². The van der Waals surface area contributed by atoms with Crippen LogP contribution in [0.15, 0.2) is 125 Å². The number of aliphatic hydroxyl groups is 2. The quantitative estimate of drug-likeness (QED) is 0.0176. The fraction of sp³-hybridized carbons (Fsp3) is 0.457. The molecule has 89 heavy (non-hydrogen) atoms. The number of aromatic carboxylic acids is 2. The molecule has 0 saturated carbocycles. The van der Waals surface area contributed by atoms with Crippen LogP contribution in [-0.2, 0) is 35.3 Å². The van der Waals surface area contributed by atoms with Gasteiger partial charge < -0.3 is 54.5 Å². The van der Waals surface area contributed by atoms with Gasteiger partial charge in [0.1, 0.15) is 23.1 Å². The van der Waals surface area contributed by atoms with Gasteiger partial charge in [0.05, 0.1) is 33.5 Å². The van der Waals surface area contributed by atoms with E-state index in [-0.39, 0.29) is 99.4 Å². The van der Waals surface area contributed by atoms with E-state index >= 15 is 0 Å². The second kappa shape index (κ2) is 43.9. The van der Waals surface area contributed by atoms with Crippen molar-refractivity contribution >= 4 is 81.5 Å². The van der Waals surface area contributed by atoms with Crippen molar-refractivity contribution in [2.45, 2.75) is 214 Å². The molecular formula is C70H88Na2O15S2. The number of aliphatic hydroxyl groups excluding tert-OH is 2. The topological polar surface area (TPSA) is 287 Å². The number of unbranched alkanes of at least 4 members (excludes halogenated alkanes) is 10. The summed E-state index contributed by atoms with van der Waals surface area (Å²) in [7, 11) is 0. The Hall–Kier alpha value is -4.76. The zero-order chi connectivity index (χ0) is 62.4. The summed E-state index contributed by atoms with van der Waals surface area (Å²) in [5.74, 6) is -6.00. The number of carbonyl (C=O) groups excluding carboxylic acids is 2. The molecule has 0 saturated heterocycles. The van der Waals surface area contributed by atoms with Crippen molar-refractivity contribution in [3.63, 3.8) is 0 Å². The smallest absolute Gasteiger partial charge is 0.542 e. The van der Waals surface area contributed by atoms with Crippen molar-refractivity contribution in [1.29, 1.82) is 0 Å². The number of benzene rings is 4. The maximum Gasteiger partial charge on any atom is 1.00 e. The van der Waals surface area contributed by atoms with Gasteiger partial charge in [0.25, 0.3) is 0 Å². The van der Waals surface area contributed by atoms with E-state index in [1.807, 2.05) is 38.2 Å². The molecule has 6 rings (SSSR count). The van der Waals surface area contributed by atoms with Crippen LogP contribution in [0, 0.1) is 0 Å². The summed E-state index contributed by atoms with van der Waals surface area (Å²) in [4.78, 5) is 71.8. The van der Waals surface area contributed by atoms with E-state index < -0.39 is 69.0 Å². The zero-order valence-corrected chi connectivity index (χ0v) is 58.5. The molecule has 2 heterocycles. The van der Waals surface area contributed by atoms with Gasteiger partial charge in [-0.2, -0.15) is 0 Å². The summed E-state index contributed by atoms with van der Waals surface area (Å²) < 4.78 is 11.3.